The maximum Gasteiger partial charge on any atom is 0.243 e. The van der Waals surface area contributed by atoms with Crippen molar-refractivity contribution in [1.29, 1.82) is 0 Å². The Labute approximate surface area is 144 Å². The lowest BCUT2D eigenvalue weighted by molar-refractivity contribution is -0.127. The Morgan fingerprint density at radius 1 is 1.12 bits per heavy atom. The van der Waals surface area contributed by atoms with Crippen LogP contribution in [-0.2, 0) is 14.8 Å². The zero-order chi connectivity index (χ0) is 17.3. The Balaban J connectivity index is 1.63. The number of aryl methyl sites for hydroxylation is 2. The van der Waals surface area contributed by atoms with Crippen molar-refractivity contribution in [2.24, 2.45) is 5.92 Å². The van der Waals surface area contributed by atoms with E-state index in [2.05, 4.69) is 5.32 Å². The summed E-state index contributed by atoms with van der Waals surface area (Å²) in [5, 5.41) is 3.08. The lowest BCUT2D eigenvalue weighted by atomic mass is 9.91. The highest BCUT2D eigenvalue weighted by Crippen LogP contribution is 2.27. The molecule has 0 atom stereocenters. The lowest BCUT2D eigenvalue weighted by Crippen LogP contribution is -2.47. The number of carbonyl (C=O) groups is 1. The Hall–Kier alpha value is -1.40. The van der Waals surface area contributed by atoms with Crippen LogP contribution in [0, 0.1) is 19.8 Å². The number of amides is 1. The fourth-order valence-corrected chi connectivity index (χ4v) is 5.13. The third-order valence-corrected chi connectivity index (χ3v) is 7.28. The molecule has 3 rings (SSSR count). The molecule has 0 bridgehead atoms. The van der Waals surface area contributed by atoms with E-state index in [1.54, 1.807) is 6.07 Å². The third kappa shape index (κ3) is 3.49. The van der Waals surface area contributed by atoms with Gasteiger partial charge in [0.1, 0.15) is 0 Å². The van der Waals surface area contributed by atoms with Gasteiger partial charge in [0.2, 0.25) is 15.9 Å². The molecule has 2 fully saturated rings. The van der Waals surface area contributed by atoms with Gasteiger partial charge in [-0.05, 0) is 57.6 Å². The minimum Gasteiger partial charge on any atom is -0.353 e. The number of benzene rings is 1. The summed E-state index contributed by atoms with van der Waals surface area (Å²) in [6.45, 7) is 4.62. The molecular formula is C18H26N2O3S. The van der Waals surface area contributed by atoms with E-state index in [4.69, 9.17) is 0 Å². The van der Waals surface area contributed by atoms with Crippen LogP contribution in [0.3, 0.4) is 0 Å². The first-order chi connectivity index (χ1) is 11.4. The summed E-state index contributed by atoms with van der Waals surface area (Å²) in [6.07, 6.45) is 4.54. The zero-order valence-electron chi connectivity index (χ0n) is 14.4. The van der Waals surface area contributed by atoms with Crippen molar-refractivity contribution in [2.45, 2.75) is 56.9 Å². The highest BCUT2D eigenvalue weighted by atomic mass is 32.2. The minimum atomic E-state index is -3.47. The topological polar surface area (TPSA) is 66.5 Å². The summed E-state index contributed by atoms with van der Waals surface area (Å²) in [7, 11) is -3.47. The number of nitrogens with one attached hydrogen (secondary N) is 1. The SMILES string of the molecule is Cc1ccc(S(=O)(=O)N2CCC(C(=O)NC3CCC3)CC2)c(C)c1. The molecule has 1 saturated carbocycles. The minimum absolute atomic E-state index is 0.0591. The van der Waals surface area contributed by atoms with Gasteiger partial charge in [0.05, 0.1) is 4.90 Å². The van der Waals surface area contributed by atoms with Crippen LogP contribution in [0.15, 0.2) is 23.1 Å². The predicted molar refractivity (Wildman–Crippen MR) is 93.2 cm³/mol. The number of rotatable bonds is 4. The second kappa shape index (κ2) is 6.84. The molecule has 1 aliphatic carbocycles. The smallest absolute Gasteiger partial charge is 0.243 e. The van der Waals surface area contributed by atoms with E-state index in [9.17, 15) is 13.2 Å². The van der Waals surface area contributed by atoms with Crippen LogP contribution in [-0.4, -0.2) is 37.8 Å². The molecule has 0 radical (unpaired) electrons. The van der Waals surface area contributed by atoms with Crippen molar-refractivity contribution >= 4 is 15.9 Å². The first kappa shape index (κ1) is 17.4. The Morgan fingerprint density at radius 2 is 1.79 bits per heavy atom. The molecule has 0 unspecified atom stereocenters. The molecule has 1 aromatic carbocycles. The Kier molecular flexibility index (Phi) is 4.97. The molecule has 0 aromatic heterocycles. The highest BCUT2D eigenvalue weighted by molar-refractivity contribution is 7.89. The van der Waals surface area contributed by atoms with Crippen molar-refractivity contribution in [3.8, 4) is 0 Å². The lowest BCUT2D eigenvalue weighted by Gasteiger charge is -2.33. The fraction of sp³-hybridized carbons (Fsp3) is 0.611. The van der Waals surface area contributed by atoms with Gasteiger partial charge in [-0.2, -0.15) is 4.31 Å². The highest BCUT2D eigenvalue weighted by Gasteiger charge is 2.33. The monoisotopic (exact) mass is 350 g/mol. The van der Waals surface area contributed by atoms with Gasteiger partial charge in [-0.3, -0.25) is 4.79 Å². The van der Waals surface area contributed by atoms with Crippen LogP contribution in [0.5, 0.6) is 0 Å². The van der Waals surface area contributed by atoms with E-state index in [1.807, 2.05) is 26.0 Å². The van der Waals surface area contributed by atoms with E-state index in [-0.39, 0.29) is 11.8 Å². The molecule has 1 aliphatic heterocycles. The van der Waals surface area contributed by atoms with Crippen LogP contribution < -0.4 is 5.32 Å². The van der Waals surface area contributed by atoms with Gasteiger partial charge in [0, 0.05) is 25.0 Å². The summed E-state index contributed by atoms with van der Waals surface area (Å²) in [5.74, 6) is 0.0411. The normalized spacial score (nSPS) is 20.6. The molecule has 132 valence electrons. The number of nitrogens with zero attached hydrogens (tertiary/aromatic N) is 1. The summed E-state index contributed by atoms with van der Waals surface area (Å²) in [5.41, 5.74) is 1.83. The first-order valence-electron chi connectivity index (χ1n) is 8.75. The zero-order valence-corrected chi connectivity index (χ0v) is 15.2. The number of hydrogen-bond donors (Lipinski definition) is 1. The summed E-state index contributed by atoms with van der Waals surface area (Å²) >= 11 is 0. The molecule has 6 heteroatoms. The van der Waals surface area contributed by atoms with Gasteiger partial charge in [-0.25, -0.2) is 8.42 Å². The summed E-state index contributed by atoms with van der Waals surface area (Å²) in [6, 6.07) is 5.76. The van der Waals surface area contributed by atoms with E-state index in [1.165, 1.54) is 10.7 Å². The molecule has 1 saturated heterocycles. The summed E-state index contributed by atoms with van der Waals surface area (Å²) in [4.78, 5) is 12.6. The van der Waals surface area contributed by atoms with Crippen LogP contribution in [0.4, 0.5) is 0 Å². The number of sulfonamides is 1. The van der Waals surface area contributed by atoms with Crippen LogP contribution in [0.2, 0.25) is 0 Å². The van der Waals surface area contributed by atoms with Gasteiger partial charge in [-0.1, -0.05) is 17.7 Å². The van der Waals surface area contributed by atoms with Crippen LogP contribution in [0.1, 0.15) is 43.2 Å². The van der Waals surface area contributed by atoms with Gasteiger partial charge in [0.15, 0.2) is 0 Å². The number of carbonyl (C=O) groups excluding carboxylic acids is 1. The van der Waals surface area contributed by atoms with Crippen molar-refractivity contribution < 1.29 is 13.2 Å². The molecule has 5 nitrogen and oxygen atoms in total. The maximum absolute atomic E-state index is 12.9. The molecule has 1 heterocycles. The van der Waals surface area contributed by atoms with Gasteiger partial charge in [0.25, 0.3) is 0 Å². The van der Waals surface area contributed by atoms with Gasteiger partial charge >= 0.3 is 0 Å². The van der Waals surface area contributed by atoms with Gasteiger partial charge in [-0.15, -0.1) is 0 Å². The van der Waals surface area contributed by atoms with Crippen molar-refractivity contribution in [3.63, 3.8) is 0 Å². The maximum atomic E-state index is 12.9. The van der Waals surface area contributed by atoms with Crippen molar-refractivity contribution in [1.82, 2.24) is 9.62 Å². The fourth-order valence-electron chi connectivity index (χ4n) is 3.46. The van der Waals surface area contributed by atoms with Gasteiger partial charge < -0.3 is 5.32 Å². The standard InChI is InChI=1S/C18H26N2O3S/c1-13-6-7-17(14(2)12-13)24(22,23)20-10-8-15(9-11-20)18(21)19-16-4-3-5-16/h6-7,12,15-16H,3-5,8-11H2,1-2H3,(H,19,21). The molecule has 24 heavy (non-hydrogen) atoms. The van der Waals surface area contributed by atoms with Crippen LogP contribution in [0.25, 0.3) is 0 Å². The molecule has 2 aliphatic rings. The average molecular weight is 350 g/mol. The Bertz CT molecular complexity index is 718. The molecule has 0 spiro atoms. The number of hydrogen-bond acceptors (Lipinski definition) is 3. The first-order valence-corrected chi connectivity index (χ1v) is 10.2. The third-order valence-electron chi connectivity index (χ3n) is 5.22. The van der Waals surface area contributed by atoms with Crippen LogP contribution >= 0.6 is 0 Å². The van der Waals surface area contributed by atoms with E-state index < -0.39 is 10.0 Å². The quantitative estimate of drug-likeness (QED) is 0.906. The van der Waals surface area contributed by atoms with E-state index in [0.717, 1.165) is 24.0 Å². The number of piperidine rings is 1. The van der Waals surface area contributed by atoms with Crippen molar-refractivity contribution in [3.05, 3.63) is 29.3 Å². The van der Waals surface area contributed by atoms with Crippen molar-refractivity contribution in [2.75, 3.05) is 13.1 Å². The molecule has 1 amide bonds. The predicted octanol–water partition coefficient (Wildman–Crippen LogP) is 2.37. The average Bonchev–Trinajstić information content (AvgIpc) is 2.50. The molecule has 1 aromatic rings. The van der Waals surface area contributed by atoms with E-state index >= 15 is 0 Å². The summed E-state index contributed by atoms with van der Waals surface area (Å²) < 4.78 is 27.2. The second-order valence-corrected chi connectivity index (χ2v) is 8.99. The largest absolute Gasteiger partial charge is 0.353 e. The Morgan fingerprint density at radius 3 is 2.33 bits per heavy atom. The molecular weight excluding hydrogens is 324 g/mol. The second-order valence-electron chi connectivity index (χ2n) is 7.08. The van der Waals surface area contributed by atoms with E-state index in [0.29, 0.717) is 36.9 Å². The molecule has 1 N–H and O–H groups in total.